The Morgan fingerprint density at radius 1 is 0.957 bits per heavy atom. The predicted molar refractivity (Wildman–Crippen MR) is 84.9 cm³/mol. The van der Waals surface area contributed by atoms with Crippen LogP contribution in [0.25, 0.3) is 0 Å². The van der Waals surface area contributed by atoms with E-state index in [-0.39, 0.29) is 13.0 Å². The van der Waals surface area contributed by atoms with Crippen LogP contribution < -0.4 is 4.74 Å². The quantitative estimate of drug-likeness (QED) is 0.269. The standard InChI is InChI=1S/C10H10O4.C7H14O2/c11-8-13-7-6-10(12)14-9-4-2-1-3-5-9;1-2-3-4-5-6-9-7-8/h1-5,8H,6-7H2;7H,2-6H2,1H3. The molecular weight excluding hydrogens is 300 g/mol. The van der Waals surface area contributed by atoms with E-state index >= 15 is 0 Å². The molecule has 0 spiro atoms. The number of hydrogen-bond acceptors (Lipinski definition) is 6. The van der Waals surface area contributed by atoms with Gasteiger partial charge in [-0.2, -0.15) is 0 Å². The highest BCUT2D eigenvalue weighted by atomic mass is 16.5. The number of esters is 1. The molecule has 0 heterocycles. The molecule has 0 bridgehead atoms. The number of para-hydroxylation sites is 1. The maximum Gasteiger partial charge on any atom is 0.314 e. The largest absolute Gasteiger partial charge is 0.468 e. The Kier molecular flexibility index (Phi) is 14.4. The molecule has 23 heavy (non-hydrogen) atoms. The lowest BCUT2D eigenvalue weighted by Gasteiger charge is -2.02. The SMILES string of the molecule is CCCCCCOC=O.O=COCCC(=O)Oc1ccccc1. The molecule has 0 N–H and O–H groups in total. The van der Waals surface area contributed by atoms with Crippen molar-refractivity contribution in [2.24, 2.45) is 0 Å². The van der Waals surface area contributed by atoms with E-state index in [1.165, 1.54) is 19.3 Å². The summed E-state index contributed by atoms with van der Waals surface area (Å²) < 4.78 is 13.8. The van der Waals surface area contributed by atoms with Gasteiger partial charge in [0.15, 0.2) is 0 Å². The number of unbranched alkanes of at least 4 members (excludes halogenated alkanes) is 3. The second-order valence-electron chi connectivity index (χ2n) is 4.53. The zero-order valence-corrected chi connectivity index (χ0v) is 13.4. The minimum atomic E-state index is -0.418. The smallest absolute Gasteiger partial charge is 0.314 e. The summed E-state index contributed by atoms with van der Waals surface area (Å²) in [5.74, 6) is 0.0710. The fourth-order valence-corrected chi connectivity index (χ4v) is 1.52. The Hall–Kier alpha value is -2.37. The molecule has 0 aliphatic heterocycles. The fourth-order valence-electron chi connectivity index (χ4n) is 1.52. The van der Waals surface area contributed by atoms with Crippen LogP contribution in [0.15, 0.2) is 30.3 Å². The van der Waals surface area contributed by atoms with Gasteiger partial charge in [0.25, 0.3) is 12.9 Å². The summed E-state index contributed by atoms with van der Waals surface area (Å²) in [6.45, 7) is 3.60. The van der Waals surface area contributed by atoms with Crippen LogP contribution in [0, 0.1) is 0 Å². The van der Waals surface area contributed by atoms with E-state index in [0.29, 0.717) is 25.3 Å². The molecule has 128 valence electrons. The fraction of sp³-hybridized carbons (Fsp3) is 0.471. The molecule has 6 nitrogen and oxygen atoms in total. The molecule has 0 aliphatic rings. The number of ether oxygens (including phenoxy) is 3. The molecule has 0 aromatic heterocycles. The van der Waals surface area contributed by atoms with Gasteiger partial charge in [-0.15, -0.1) is 0 Å². The molecule has 0 amide bonds. The van der Waals surface area contributed by atoms with E-state index in [1.54, 1.807) is 24.3 Å². The van der Waals surface area contributed by atoms with Crippen LogP contribution in [0.5, 0.6) is 5.75 Å². The lowest BCUT2D eigenvalue weighted by atomic mass is 10.2. The van der Waals surface area contributed by atoms with Gasteiger partial charge in [0, 0.05) is 0 Å². The van der Waals surface area contributed by atoms with Crippen LogP contribution in [-0.2, 0) is 23.9 Å². The lowest BCUT2D eigenvalue weighted by molar-refractivity contribution is -0.137. The first kappa shape index (κ1) is 20.6. The van der Waals surface area contributed by atoms with Crippen molar-refractivity contribution in [1.29, 1.82) is 0 Å². The van der Waals surface area contributed by atoms with Crippen molar-refractivity contribution >= 4 is 18.9 Å². The van der Waals surface area contributed by atoms with Crippen molar-refractivity contribution in [3.05, 3.63) is 30.3 Å². The number of carbonyl (C=O) groups is 3. The van der Waals surface area contributed by atoms with Crippen molar-refractivity contribution in [3.63, 3.8) is 0 Å². The minimum absolute atomic E-state index is 0.0508. The minimum Gasteiger partial charge on any atom is -0.468 e. The summed E-state index contributed by atoms with van der Waals surface area (Å²) in [6, 6.07) is 8.72. The number of rotatable bonds is 11. The van der Waals surface area contributed by atoms with Gasteiger partial charge in [-0.05, 0) is 18.6 Å². The zero-order chi connectivity index (χ0) is 17.2. The molecule has 0 aliphatic carbocycles. The van der Waals surface area contributed by atoms with E-state index in [2.05, 4.69) is 16.4 Å². The van der Waals surface area contributed by atoms with Crippen molar-refractivity contribution < 1.29 is 28.6 Å². The van der Waals surface area contributed by atoms with Gasteiger partial charge in [0.05, 0.1) is 13.0 Å². The summed E-state index contributed by atoms with van der Waals surface area (Å²) in [4.78, 5) is 30.5. The van der Waals surface area contributed by atoms with Gasteiger partial charge in [-0.3, -0.25) is 14.4 Å². The van der Waals surface area contributed by atoms with Gasteiger partial charge in [-0.25, -0.2) is 0 Å². The van der Waals surface area contributed by atoms with Crippen LogP contribution in [0.3, 0.4) is 0 Å². The Bertz CT molecular complexity index is 418. The molecule has 0 saturated heterocycles. The number of hydrogen-bond donors (Lipinski definition) is 0. The summed E-state index contributed by atoms with van der Waals surface area (Å²) >= 11 is 0. The highest BCUT2D eigenvalue weighted by molar-refractivity contribution is 5.72. The van der Waals surface area contributed by atoms with Gasteiger partial charge in [0.1, 0.15) is 12.4 Å². The molecule has 0 saturated carbocycles. The van der Waals surface area contributed by atoms with Crippen LogP contribution in [-0.4, -0.2) is 32.1 Å². The molecule has 0 radical (unpaired) electrons. The highest BCUT2D eigenvalue weighted by Crippen LogP contribution is 2.08. The highest BCUT2D eigenvalue weighted by Gasteiger charge is 2.03. The molecule has 1 aromatic carbocycles. The van der Waals surface area contributed by atoms with Crippen LogP contribution >= 0.6 is 0 Å². The first-order valence-electron chi connectivity index (χ1n) is 7.60. The number of carbonyl (C=O) groups excluding carboxylic acids is 3. The van der Waals surface area contributed by atoms with Gasteiger partial charge in [-0.1, -0.05) is 44.4 Å². The van der Waals surface area contributed by atoms with Gasteiger partial charge in [0.2, 0.25) is 0 Å². The third-order valence-electron chi connectivity index (χ3n) is 2.65. The molecular formula is C17H24O6. The molecule has 1 aromatic rings. The Balaban J connectivity index is 0.000000468. The van der Waals surface area contributed by atoms with Crippen molar-refractivity contribution in [3.8, 4) is 5.75 Å². The third kappa shape index (κ3) is 14.3. The molecule has 6 heteroatoms. The first-order valence-corrected chi connectivity index (χ1v) is 7.60. The molecule has 0 atom stereocenters. The van der Waals surface area contributed by atoms with E-state index in [1.807, 2.05) is 6.07 Å². The van der Waals surface area contributed by atoms with E-state index in [9.17, 15) is 14.4 Å². The average Bonchev–Trinajstić information content (AvgIpc) is 2.57. The second-order valence-corrected chi connectivity index (χ2v) is 4.53. The normalized spacial score (nSPS) is 9.09. The van der Waals surface area contributed by atoms with E-state index in [0.717, 1.165) is 6.42 Å². The van der Waals surface area contributed by atoms with Crippen molar-refractivity contribution in [2.75, 3.05) is 13.2 Å². The van der Waals surface area contributed by atoms with Gasteiger partial charge >= 0.3 is 5.97 Å². The van der Waals surface area contributed by atoms with E-state index < -0.39 is 5.97 Å². The molecule has 0 unspecified atom stereocenters. The topological polar surface area (TPSA) is 78.9 Å². The second kappa shape index (κ2) is 16.0. The summed E-state index contributed by atoms with van der Waals surface area (Å²) in [6.07, 6.45) is 4.70. The average molecular weight is 324 g/mol. The van der Waals surface area contributed by atoms with Crippen molar-refractivity contribution in [2.45, 2.75) is 39.0 Å². The van der Waals surface area contributed by atoms with Crippen LogP contribution in [0.4, 0.5) is 0 Å². The maximum atomic E-state index is 11.1. The monoisotopic (exact) mass is 324 g/mol. The summed E-state index contributed by atoms with van der Waals surface area (Å²) in [5, 5.41) is 0. The Labute approximate surface area is 136 Å². The predicted octanol–water partition coefficient (Wildman–Crippen LogP) is 2.89. The summed E-state index contributed by atoms with van der Waals surface area (Å²) in [5.41, 5.74) is 0. The third-order valence-corrected chi connectivity index (χ3v) is 2.65. The van der Waals surface area contributed by atoms with Gasteiger partial charge < -0.3 is 14.2 Å². The van der Waals surface area contributed by atoms with Crippen LogP contribution in [0.2, 0.25) is 0 Å². The molecule has 0 fully saturated rings. The Morgan fingerprint density at radius 2 is 1.61 bits per heavy atom. The zero-order valence-electron chi connectivity index (χ0n) is 13.4. The van der Waals surface area contributed by atoms with Crippen molar-refractivity contribution in [1.82, 2.24) is 0 Å². The maximum absolute atomic E-state index is 11.1. The first-order chi connectivity index (χ1) is 11.2. The summed E-state index contributed by atoms with van der Waals surface area (Å²) in [7, 11) is 0. The number of benzene rings is 1. The Morgan fingerprint density at radius 3 is 2.22 bits per heavy atom. The lowest BCUT2D eigenvalue weighted by Crippen LogP contribution is -2.10. The van der Waals surface area contributed by atoms with Crippen LogP contribution in [0.1, 0.15) is 39.0 Å². The van der Waals surface area contributed by atoms with E-state index in [4.69, 9.17) is 4.74 Å². The molecule has 1 rings (SSSR count).